The van der Waals surface area contributed by atoms with E-state index >= 15 is 0 Å². The Morgan fingerprint density at radius 3 is 2.54 bits per heavy atom. The Labute approximate surface area is 202 Å². The highest BCUT2D eigenvalue weighted by Gasteiger charge is 2.13. The van der Waals surface area contributed by atoms with E-state index in [-0.39, 0.29) is 23.7 Å². The molecule has 0 saturated carbocycles. The van der Waals surface area contributed by atoms with Gasteiger partial charge in [0.1, 0.15) is 17.1 Å². The maximum absolute atomic E-state index is 12.6. The number of nitrogens with zero attached hydrogens (tertiary/aromatic N) is 2. The summed E-state index contributed by atoms with van der Waals surface area (Å²) in [6.45, 7) is 2.78. The molecule has 0 spiro atoms. The molecule has 35 heavy (non-hydrogen) atoms. The van der Waals surface area contributed by atoms with Crippen molar-refractivity contribution < 1.29 is 9.53 Å². The second kappa shape index (κ2) is 11.3. The Morgan fingerprint density at radius 2 is 1.80 bits per heavy atom. The van der Waals surface area contributed by atoms with E-state index in [1.165, 1.54) is 5.56 Å². The van der Waals surface area contributed by atoms with Crippen LogP contribution < -0.4 is 21.3 Å². The van der Waals surface area contributed by atoms with Crippen molar-refractivity contribution in [3.05, 3.63) is 81.0 Å². The molecule has 0 unspecified atom stereocenters. The fourth-order valence-corrected chi connectivity index (χ4v) is 3.81. The lowest BCUT2D eigenvalue weighted by atomic mass is 10.1. The largest absolute Gasteiger partial charge is 0.484 e. The quantitative estimate of drug-likeness (QED) is 0.288. The summed E-state index contributed by atoms with van der Waals surface area (Å²) in [7, 11) is 0. The lowest BCUT2D eigenvalue weighted by Crippen LogP contribution is -2.34. The van der Waals surface area contributed by atoms with Crippen LogP contribution in [-0.2, 0) is 17.8 Å². The molecule has 0 saturated heterocycles. The van der Waals surface area contributed by atoms with Gasteiger partial charge in [-0.25, -0.2) is 9.78 Å². The van der Waals surface area contributed by atoms with E-state index in [1.807, 2.05) is 25.1 Å². The molecule has 2 aromatic heterocycles. The highest BCUT2D eigenvalue weighted by molar-refractivity contribution is 5.77. The number of rotatable bonds is 11. The number of H-pyrrole nitrogens is 2. The first kappa shape index (κ1) is 24.0. The minimum atomic E-state index is -0.472. The Kier molecular flexibility index (Phi) is 7.77. The number of carbonyl (C=O) groups excluding carboxylic acids is 1. The summed E-state index contributed by atoms with van der Waals surface area (Å²) in [5.41, 5.74) is 1.64. The van der Waals surface area contributed by atoms with E-state index in [4.69, 9.17) is 4.74 Å². The highest BCUT2D eigenvalue weighted by atomic mass is 16.5. The molecule has 2 heterocycles. The molecule has 4 aromatic rings. The van der Waals surface area contributed by atoms with Gasteiger partial charge in [0.25, 0.3) is 11.5 Å². The van der Waals surface area contributed by atoms with Gasteiger partial charge in [0.05, 0.1) is 0 Å². The predicted molar refractivity (Wildman–Crippen MR) is 135 cm³/mol. The van der Waals surface area contributed by atoms with Crippen molar-refractivity contribution in [2.75, 3.05) is 13.2 Å². The number of nitrogens with one attached hydrogen (secondary N) is 3. The van der Waals surface area contributed by atoms with Crippen LogP contribution in [0.15, 0.2) is 64.2 Å². The molecule has 0 bridgehead atoms. The molecule has 9 nitrogen and oxygen atoms in total. The number of benzene rings is 2. The number of aryl methyl sites for hydroxylation is 1. The van der Waals surface area contributed by atoms with Crippen LogP contribution in [0.5, 0.6) is 5.75 Å². The zero-order valence-electron chi connectivity index (χ0n) is 19.7. The standard InChI is InChI=1S/C26H29N5O4/c1-2-16-31-25(33)22-24(30-26(31)34)29-23(28-22)19-11-13-20(14-12-19)35-17-21(32)27-15-7-6-10-18-8-4-3-5-9-18/h3-5,8-9,11-14H,2,6-7,10,15-17H2,1H3,(H,27,32)(H,28,29)(H,30,34). The summed E-state index contributed by atoms with van der Waals surface area (Å²) >= 11 is 0. The van der Waals surface area contributed by atoms with E-state index in [2.05, 4.69) is 32.4 Å². The Hall–Kier alpha value is -4.14. The molecular formula is C26H29N5O4. The smallest absolute Gasteiger partial charge is 0.330 e. The van der Waals surface area contributed by atoms with Gasteiger partial charge in [-0.2, -0.15) is 0 Å². The second-order valence-corrected chi connectivity index (χ2v) is 8.30. The average molecular weight is 476 g/mol. The van der Waals surface area contributed by atoms with E-state index in [0.29, 0.717) is 31.1 Å². The molecular weight excluding hydrogens is 446 g/mol. The molecule has 182 valence electrons. The number of aromatic nitrogens is 4. The fraction of sp³-hybridized carbons (Fsp3) is 0.308. The van der Waals surface area contributed by atoms with Gasteiger partial charge in [-0.05, 0) is 55.5 Å². The van der Waals surface area contributed by atoms with Crippen molar-refractivity contribution >= 4 is 17.1 Å². The van der Waals surface area contributed by atoms with E-state index in [1.54, 1.807) is 24.3 Å². The van der Waals surface area contributed by atoms with Crippen LogP contribution in [0.1, 0.15) is 31.7 Å². The summed E-state index contributed by atoms with van der Waals surface area (Å²) in [6.07, 6.45) is 3.58. The first-order chi connectivity index (χ1) is 17.0. The third-order valence-electron chi connectivity index (χ3n) is 5.64. The third-order valence-corrected chi connectivity index (χ3v) is 5.64. The number of ether oxygens (including phenoxy) is 1. The van der Waals surface area contributed by atoms with Crippen molar-refractivity contribution in [1.29, 1.82) is 0 Å². The lowest BCUT2D eigenvalue weighted by molar-refractivity contribution is -0.123. The molecule has 0 aliphatic heterocycles. The molecule has 4 rings (SSSR count). The summed E-state index contributed by atoms with van der Waals surface area (Å²) in [6, 6.07) is 17.3. The van der Waals surface area contributed by atoms with Crippen LogP contribution >= 0.6 is 0 Å². The van der Waals surface area contributed by atoms with Crippen LogP contribution in [0.25, 0.3) is 22.6 Å². The topological polar surface area (TPSA) is 122 Å². The maximum atomic E-state index is 12.6. The van der Waals surface area contributed by atoms with Crippen molar-refractivity contribution in [2.24, 2.45) is 0 Å². The van der Waals surface area contributed by atoms with E-state index in [0.717, 1.165) is 29.4 Å². The Bertz CT molecular complexity index is 1390. The Morgan fingerprint density at radius 1 is 1.03 bits per heavy atom. The zero-order chi connectivity index (χ0) is 24.6. The summed E-state index contributed by atoms with van der Waals surface area (Å²) in [5, 5.41) is 2.88. The van der Waals surface area contributed by atoms with Gasteiger partial charge < -0.3 is 15.0 Å². The van der Waals surface area contributed by atoms with Gasteiger partial charge >= 0.3 is 5.69 Å². The number of amides is 1. The molecule has 2 aromatic carbocycles. The van der Waals surface area contributed by atoms with Crippen LogP contribution in [0, 0.1) is 0 Å². The minimum absolute atomic E-state index is 0.0686. The molecule has 0 aliphatic carbocycles. The number of hydrogen-bond donors (Lipinski definition) is 3. The molecule has 0 aliphatic rings. The van der Waals surface area contributed by atoms with Crippen molar-refractivity contribution in [2.45, 2.75) is 39.2 Å². The number of unbranched alkanes of at least 4 members (excludes halogenated alkanes) is 1. The molecule has 0 fully saturated rings. The minimum Gasteiger partial charge on any atom is -0.484 e. The molecule has 9 heteroatoms. The summed E-state index contributed by atoms with van der Waals surface area (Å²) in [4.78, 5) is 46.8. The molecule has 0 radical (unpaired) electrons. The zero-order valence-corrected chi connectivity index (χ0v) is 19.7. The molecule has 3 N–H and O–H groups in total. The molecule has 1 amide bonds. The van der Waals surface area contributed by atoms with Gasteiger partial charge in [-0.1, -0.05) is 37.3 Å². The average Bonchev–Trinajstić information content (AvgIpc) is 3.30. The lowest BCUT2D eigenvalue weighted by Gasteiger charge is -2.08. The van der Waals surface area contributed by atoms with Crippen LogP contribution in [0.3, 0.4) is 0 Å². The first-order valence-electron chi connectivity index (χ1n) is 11.8. The van der Waals surface area contributed by atoms with Crippen molar-refractivity contribution in [3.63, 3.8) is 0 Å². The van der Waals surface area contributed by atoms with Crippen LogP contribution in [0.4, 0.5) is 0 Å². The second-order valence-electron chi connectivity index (χ2n) is 8.30. The van der Waals surface area contributed by atoms with Crippen molar-refractivity contribution in [3.8, 4) is 17.1 Å². The normalized spacial score (nSPS) is 11.0. The van der Waals surface area contributed by atoms with Crippen molar-refractivity contribution in [1.82, 2.24) is 24.8 Å². The van der Waals surface area contributed by atoms with Gasteiger partial charge in [0, 0.05) is 18.7 Å². The van der Waals surface area contributed by atoms with Crippen LogP contribution in [0.2, 0.25) is 0 Å². The Balaban J connectivity index is 1.27. The summed E-state index contributed by atoms with van der Waals surface area (Å²) < 4.78 is 6.74. The molecule has 0 atom stereocenters. The van der Waals surface area contributed by atoms with Gasteiger partial charge in [0.2, 0.25) is 0 Å². The number of aromatic amines is 2. The maximum Gasteiger partial charge on any atom is 0.330 e. The summed E-state index contributed by atoms with van der Waals surface area (Å²) in [5.74, 6) is 0.836. The fourth-order valence-electron chi connectivity index (χ4n) is 3.81. The SMILES string of the molecule is CCCn1c(=O)[nH]c2nc(-c3ccc(OCC(=O)NCCCCc4ccccc4)cc3)[nH]c2c1=O. The number of carbonyl (C=O) groups is 1. The monoisotopic (exact) mass is 475 g/mol. The number of hydrogen-bond acceptors (Lipinski definition) is 5. The van der Waals surface area contributed by atoms with Crippen LogP contribution in [-0.4, -0.2) is 38.6 Å². The first-order valence-corrected chi connectivity index (χ1v) is 11.8. The number of imidazole rings is 1. The number of fused-ring (bicyclic) bond motifs is 1. The third kappa shape index (κ3) is 6.06. The van der Waals surface area contributed by atoms with E-state index in [9.17, 15) is 14.4 Å². The van der Waals surface area contributed by atoms with E-state index < -0.39 is 11.2 Å². The van der Waals surface area contributed by atoms with Gasteiger partial charge in [-0.3, -0.25) is 19.1 Å². The van der Waals surface area contributed by atoms with Gasteiger partial charge in [-0.15, -0.1) is 0 Å². The highest BCUT2D eigenvalue weighted by Crippen LogP contribution is 2.21. The predicted octanol–water partition coefficient (Wildman–Crippen LogP) is 3.01. The van der Waals surface area contributed by atoms with Gasteiger partial charge in [0.15, 0.2) is 12.3 Å².